The summed E-state index contributed by atoms with van der Waals surface area (Å²) in [6.07, 6.45) is 0.740. The van der Waals surface area contributed by atoms with Crippen LogP contribution in [0.1, 0.15) is 64.0 Å². The third-order valence-electron chi connectivity index (χ3n) is 2.91. The van der Waals surface area contributed by atoms with Crippen LogP contribution in [0.3, 0.4) is 0 Å². The zero-order valence-corrected chi connectivity index (χ0v) is 13.9. The Bertz CT molecular complexity index is 478. The highest BCUT2D eigenvalue weighted by Crippen LogP contribution is 2.24. The first-order valence-corrected chi connectivity index (χ1v) is 7.36. The number of carbonyl (C=O) groups is 1. The summed E-state index contributed by atoms with van der Waals surface area (Å²) in [6, 6.07) is 3.32. The lowest BCUT2D eigenvalue weighted by atomic mass is 9.91. The lowest BCUT2D eigenvalue weighted by molar-refractivity contribution is 0.0299. The molecule has 0 bridgehead atoms. The molecule has 0 radical (unpaired) electrons. The number of hydrogen-bond acceptors (Lipinski definition) is 3. The lowest BCUT2D eigenvalue weighted by Gasteiger charge is -2.19. The predicted molar refractivity (Wildman–Crippen MR) is 82.3 cm³/mol. The number of aromatic nitrogens is 1. The van der Waals surface area contributed by atoms with E-state index in [1.165, 1.54) is 0 Å². The van der Waals surface area contributed by atoms with E-state index in [-0.39, 0.29) is 17.5 Å². The molecule has 1 unspecified atom stereocenters. The molecule has 0 saturated carbocycles. The average Bonchev–Trinajstić information content (AvgIpc) is 2.25. The maximum Gasteiger partial charge on any atom is 0.338 e. The normalized spacial score (nSPS) is 13.4. The van der Waals surface area contributed by atoms with Gasteiger partial charge in [-0.1, -0.05) is 46.2 Å². The average molecular weight is 298 g/mol. The van der Waals surface area contributed by atoms with Crippen LogP contribution in [0, 0.1) is 5.92 Å². The van der Waals surface area contributed by atoms with Gasteiger partial charge in [0, 0.05) is 11.1 Å². The number of halogens is 1. The van der Waals surface area contributed by atoms with Gasteiger partial charge in [-0.25, -0.2) is 9.78 Å². The molecule has 112 valence electrons. The van der Waals surface area contributed by atoms with Crippen molar-refractivity contribution in [1.82, 2.24) is 4.98 Å². The van der Waals surface area contributed by atoms with Crippen molar-refractivity contribution in [3.05, 3.63) is 28.5 Å². The van der Waals surface area contributed by atoms with Gasteiger partial charge in [0.1, 0.15) is 5.15 Å². The smallest absolute Gasteiger partial charge is 0.338 e. The molecule has 0 spiro atoms. The fourth-order valence-corrected chi connectivity index (χ4v) is 2.17. The number of hydrogen-bond donors (Lipinski definition) is 0. The van der Waals surface area contributed by atoms with Crippen LogP contribution < -0.4 is 0 Å². The molecular weight excluding hydrogens is 274 g/mol. The van der Waals surface area contributed by atoms with Crippen LogP contribution >= 0.6 is 11.6 Å². The molecule has 1 atom stereocenters. The van der Waals surface area contributed by atoms with E-state index >= 15 is 0 Å². The van der Waals surface area contributed by atoms with Gasteiger partial charge in [0.25, 0.3) is 0 Å². The van der Waals surface area contributed by atoms with Crippen molar-refractivity contribution in [3.63, 3.8) is 0 Å². The van der Waals surface area contributed by atoms with Gasteiger partial charge in [-0.15, -0.1) is 0 Å². The summed E-state index contributed by atoms with van der Waals surface area (Å²) in [4.78, 5) is 16.4. The summed E-state index contributed by atoms with van der Waals surface area (Å²) in [5.41, 5.74) is 1.09. The van der Waals surface area contributed by atoms with Crippen molar-refractivity contribution in [2.75, 3.05) is 0 Å². The molecule has 3 nitrogen and oxygen atoms in total. The molecule has 0 amide bonds. The number of carbonyl (C=O) groups excluding carboxylic acids is 1. The van der Waals surface area contributed by atoms with Crippen LogP contribution in [0.2, 0.25) is 5.15 Å². The van der Waals surface area contributed by atoms with Crippen LogP contribution in [-0.4, -0.2) is 17.1 Å². The molecule has 0 N–H and O–H groups in total. The zero-order valence-electron chi connectivity index (χ0n) is 13.2. The van der Waals surface area contributed by atoms with Crippen molar-refractivity contribution < 1.29 is 9.53 Å². The predicted octanol–water partition coefficient (Wildman–Crippen LogP) is 4.62. The van der Waals surface area contributed by atoms with Crippen LogP contribution in [0.5, 0.6) is 0 Å². The zero-order chi connectivity index (χ0) is 15.5. The molecule has 1 aromatic heterocycles. The summed E-state index contributed by atoms with van der Waals surface area (Å²) in [7, 11) is 0. The second-order valence-electron chi connectivity index (χ2n) is 6.66. The van der Waals surface area contributed by atoms with E-state index < -0.39 is 0 Å². The van der Waals surface area contributed by atoms with Crippen LogP contribution in [0.4, 0.5) is 0 Å². The third-order valence-corrected chi connectivity index (χ3v) is 3.10. The first kappa shape index (κ1) is 17.0. The summed E-state index contributed by atoms with van der Waals surface area (Å²) in [5.74, 6) is 0.150. The van der Waals surface area contributed by atoms with Crippen molar-refractivity contribution in [2.24, 2.45) is 5.92 Å². The summed E-state index contributed by atoms with van der Waals surface area (Å²) >= 11 is 6.00. The summed E-state index contributed by atoms with van der Waals surface area (Å²) in [5, 5.41) is 0.320. The second-order valence-corrected chi connectivity index (χ2v) is 7.05. The molecule has 20 heavy (non-hydrogen) atoms. The summed E-state index contributed by atoms with van der Waals surface area (Å²) < 4.78 is 5.44. The van der Waals surface area contributed by atoms with E-state index in [0.717, 1.165) is 12.1 Å². The Labute approximate surface area is 126 Å². The molecular formula is C16H24ClNO2. The highest BCUT2D eigenvalue weighted by molar-refractivity contribution is 6.29. The number of rotatable bonds is 4. The minimum Gasteiger partial charge on any atom is -0.459 e. The quantitative estimate of drug-likeness (QED) is 0.601. The van der Waals surface area contributed by atoms with Crippen molar-refractivity contribution in [2.45, 2.75) is 59.5 Å². The number of ether oxygens (including phenoxy) is 1. The first-order chi connectivity index (χ1) is 9.09. The Kier molecular flexibility index (Phi) is 5.58. The fourth-order valence-electron chi connectivity index (χ4n) is 1.96. The highest BCUT2D eigenvalue weighted by atomic mass is 35.5. The highest BCUT2D eigenvalue weighted by Gasteiger charge is 2.20. The van der Waals surface area contributed by atoms with E-state index in [0.29, 0.717) is 16.6 Å². The SMILES string of the molecule is CC(C)CC(C)OC(=O)c1cc(Cl)nc(C(C)(C)C)c1. The minimum atomic E-state index is -0.340. The molecule has 0 aromatic carbocycles. The van der Waals surface area contributed by atoms with Gasteiger partial charge in [0.2, 0.25) is 0 Å². The molecule has 0 aliphatic heterocycles. The van der Waals surface area contributed by atoms with E-state index in [1.54, 1.807) is 12.1 Å². The first-order valence-electron chi connectivity index (χ1n) is 6.98. The van der Waals surface area contributed by atoms with Gasteiger partial charge in [-0.2, -0.15) is 0 Å². The molecule has 4 heteroatoms. The van der Waals surface area contributed by atoms with E-state index in [9.17, 15) is 4.79 Å². The minimum absolute atomic E-state index is 0.104. The van der Waals surface area contributed by atoms with E-state index in [4.69, 9.17) is 16.3 Å². The number of pyridine rings is 1. The van der Waals surface area contributed by atoms with Crippen LogP contribution in [-0.2, 0) is 10.2 Å². The van der Waals surface area contributed by atoms with Crippen LogP contribution in [0.15, 0.2) is 12.1 Å². The van der Waals surface area contributed by atoms with Gasteiger partial charge in [0.05, 0.1) is 11.7 Å². The fraction of sp³-hybridized carbons (Fsp3) is 0.625. The number of nitrogens with zero attached hydrogens (tertiary/aromatic N) is 1. The lowest BCUT2D eigenvalue weighted by Crippen LogP contribution is -2.19. The Morgan fingerprint density at radius 1 is 1.30 bits per heavy atom. The molecule has 1 aromatic rings. The van der Waals surface area contributed by atoms with Gasteiger partial charge in [-0.3, -0.25) is 0 Å². The van der Waals surface area contributed by atoms with Crippen molar-refractivity contribution >= 4 is 17.6 Å². The maximum atomic E-state index is 12.2. The van der Waals surface area contributed by atoms with E-state index in [2.05, 4.69) is 18.8 Å². The van der Waals surface area contributed by atoms with Gasteiger partial charge in [0.15, 0.2) is 0 Å². The van der Waals surface area contributed by atoms with Gasteiger partial charge in [-0.05, 0) is 31.4 Å². The topological polar surface area (TPSA) is 39.2 Å². The van der Waals surface area contributed by atoms with Gasteiger partial charge >= 0.3 is 5.97 Å². The Hall–Kier alpha value is -1.09. The van der Waals surface area contributed by atoms with Crippen molar-refractivity contribution in [3.8, 4) is 0 Å². The second kappa shape index (κ2) is 6.57. The summed E-state index contributed by atoms with van der Waals surface area (Å²) in [6.45, 7) is 12.2. The molecule has 0 fully saturated rings. The van der Waals surface area contributed by atoms with E-state index in [1.807, 2.05) is 27.7 Å². The Morgan fingerprint density at radius 2 is 1.90 bits per heavy atom. The Morgan fingerprint density at radius 3 is 2.40 bits per heavy atom. The largest absolute Gasteiger partial charge is 0.459 e. The molecule has 0 aliphatic carbocycles. The monoisotopic (exact) mass is 297 g/mol. The Balaban J connectivity index is 2.91. The molecule has 0 saturated heterocycles. The van der Waals surface area contributed by atoms with Crippen molar-refractivity contribution in [1.29, 1.82) is 0 Å². The molecule has 1 heterocycles. The molecule has 1 rings (SSSR count). The van der Waals surface area contributed by atoms with Crippen LogP contribution in [0.25, 0.3) is 0 Å². The van der Waals surface area contributed by atoms with Gasteiger partial charge < -0.3 is 4.74 Å². The molecule has 0 aliphatic rings. The third kappa shape index (κ3) is 5.12. The standard InChI is InChI=1S/C16H24ClNO2/c1-10(2)7-11(3)20-15(19)12-8-13(16(4,5)6)18-14(17)9-12/h8-11H,7H2,1-6H3. The maximum absolute atomic E-state index is 12.2. The number of esters is 1.